The molecule has 0 amide bonds. The molecule has 0 aromatic carbocycles. The molecule has 0 aromatic rings. The molecule has 2 N–H and O–H groups in total. The minimum Gasteiger partial charge on any atom is -0.394 e. The van der Waals surface area contributed by atoms with Crippen LogP contribution in [-0.4, -0.2) is 23.8 Å². The van der Waals surface area contributed by atoms with Gasteiger partial charge in [0, 0.05) is 5.54 Å². The van der Waals surface area contributed by atoms with Crippen molar-refractivity contribution in [2.45, 2.75) is 51.5 Å². The monoisotopic (exact) mass is 185 g/mol. The Kier molecular flexibility index (Phi) is 4.20. The third-order valence-electron chi connectivity index (χ3n) is 3.46. The SMILES string of the molecule is CCCNC1(CO)CCCC1CC. The third-order valence-corrected chi connectivity index (χ3v) is 3.46. The van der Waals surface area contributed by atoms with Gasteiger partial charge in [-0.25, -0.2) is 0 Å². The largest absolute Gasteiger partial charge is 0.394 e. The van der Waals surface area contributed by atoms with Crippen LogP contribution < -0.4 is 5.32 Å². The fourth-order valence-electron chi connectivity index (χ4n) is 2.61. The maximum Gasteiger partial charge on any atom is 0.0616 e. The van der Waals surface area contributed by atoms with E-state index in [4.69, 9.17) is 0 Å². The number of aliphatic hydroxyl groups excluding tert-OH is 1. The second-order valence-corrected chi connectivity index (χ2v) is 4.24. The van der Waals surface area contributed by atoms with Gasteiger partial charge >= 0.3 is 0 Å². The summed E-state index contributed by atoms with van der Waals surface area (Å²) in [6.45, 7) is 5.75. The molecule has 1 rings (SSSR count). The van der Waals surface area contributed by atoms with Crippen LogP contribution in [0, 0.1) is 5.92 Å². The molecule has 1 saturated carbocycles. The molecule has 2 heteroatoms. The molecule has 78 valence electrons. The third kappa shape index (κ3) is 2.23. The highest BCUT2D eigenvalue weighted by atomic mass is 16.3. The van der Waals surface area contributed by atoms with Gasteiger partial charge in [0.25, 0.3) is 0 Å². The van der Waals surface area contributed by atoms with E-state index < -0.39 is 0 Å². The number of hydrogen-bond acceptors (Lipinski definition) is 2. The van der Waals surface area contributed by atoms with E-state index in [1.54, 1.807) is 0 Å². The van der Waals surface area contributed by atoms with Gasteiger partial charge in [0.05, 0.1) is 6.61 Å². The summed E-state index contributed by atoms with van der Waals surface area (Å²) in [5, 5.41) is 13.0. The molecular formula is C11H23NO. The molecule has 0 bridgehead atoms. The Morgan fingerprint density at radius 2 is 2.23 bits per heavy atom. The molecule has 0 spiro atoms. The van der Waals surface area contributed by atoms with Crippen molar-refractivity contribution in [3.63, 3.8) is 0 Å². The van der Waals surface area contributed by atoms with E-state index in [2.05, 4.69) is 19.2 Å². The van der Waals surface area contributed by atoms with Crippen molar-refractivity contribution in [3.05, 3.63) is 0 Å². The summed E-state index contributed by atoms with van der Waals surface area (Å²) in [4.78, 5) is 0. The van der Waals surface area contributed by atoms with Crippen LogP contribution in [0.1, 0.15) is 46.0 Å². The van der Waals surface area contributed by atoms with Crippen LogP contribution in [0.5, 0.6) is 0 Å². The van der Waals surface area contributed by atoms with Crippen molar-refractivity contribution in [1.82, 2.24) is 5.32 Å². The second kappa shape index (κ2) is 4.97. The Labute approximate surface area is 81.7 Å². The number of hydrogen-bond donors (Lipinski definition) is 2. The van der Waals surface area contributed by atoms with Crippen molar-refractivity contribution >= 4 is 0 Å². The summed E-state index contributed by atoms with van der Waals surface area (Å²) < 4.78 is 0. The van der Waals surface area contributed by atoms with Gasteiger partial charge < -0.3 is 10.4 Å². The lowest BCUT2D eigenvalue weighted by atomic mass is 9.85. The fraction of sp³-hybridized carbons (Fsp3) is 1.00. The average Bonchev–Trinajstić information content (AvgIpc) is 2.58. The Hall–Kier alpha value is -0.0800. The molecule has 1 fully saturated rings. The normalized spacial score (nSPS) is 33.9. The summed E-state index contributed by atoms with van der Waals surface area (Å²) in [6.07, 6.45) is 6.06. The van der Waals surface area contributed by atoms with E-state index in [9.17, 15) is 5.11 Å². The molecule has 2 atom stereocenters. The predicted molar refractivity (Wildman–Crippen MR) is 55.7 cm³/mol. The number of rotatable bonds is 5. The smallest absolute Gasteiger partial charge is 0.0616 e. The highest BCUT2D eigenvalue weighted by Gasteiger charge is 2.40. The molecule has 0 saturated heterocycles. The van der Waals surface area contributed by atoms with Gasteiger partial charge in [-0.2, -0.15) is 0 Å². The van der Waals surface area contributed by atoms with Crippen molar-refractivity contribution in [2.75, 3.05) is 13.2 Å². The molecule has 2 unspecified atom stereocenters. The van der Waals surface area contributed by atoms with E-state index >= 15 is 0 Å². The highest BCUT2D eigenvalue weighted by molar-refractivity contribution is 4.98. The summed E-state index contributed by atoms with van der Waals surface area (Å²) >= 11 is 0. The summed E-state index contributed by atoms with van der Waals surface area (Å²) in [7, 11) is 0. The second-order valence-electron chi connectivity index (χ2n) is 4.24. The first-order valence-electron chi connectivity index (χ1n) is 5.65. The van der Waals surface area contributed by atoms with E-state index in [-0.39, 0.29) is 5.54 Å². The first-order valence-corrected chi connectivity index (χ1v) is 5.65. The van der Waals surface area contributed by atoms with E-state index in [0.717, 1.165) is 19.4 Å². The molecule has 1 aliphatic rings. The fourth-order valence-corrected chi connectivity index (χ4v) is 2.61. The van der Waals surface area contributed by atoms with Crippen molar-refractivity contribution < 1.29 is 5.11 Å². The van der Waals surface area contributed by atoms with Gasteiger partial charge in [-0.3, -0.25) is 0 Å². The zero-order valence-electron chi connectivity index (χ0n) is 8.97. The van der Waals surface area contributed by atoms with Gasteiger partial charge in [-0.05, 0) is 31.7 Å². The minimum atomic E-state index is 0.0603. The Morgan fingerprint density at radius 3 is 2.77 bits per heavy atom. The Bertz CT molecular complexity index is 149. The topological polar surface area (TPSA) is 32.3 Å². The van der Waals surface area contributed by atoms with Crippen LogP contribution in [0.4, 0.5) is 0 Å². The molecule has 0 radical (unpaired) electrons. The van der Waals surface area contributed by atoms with Crippen LogP contribution in [0.25, 0.3) is 0 Å². The van der Waals surface area contributed by atoms with Gasteiger partial charge in [0.15, 0.2) is 0 Å². The van der Waals surface area contributed by atoms with E-state index in [0.29, 0.717) is 12.5 Å². The van der Waals surface area contributed by atoms with Gasteiger partial charge in [0.1, 0.15) is 0 Å². The van der Waals surface area contributed by atoms with Crippen LogP contribution in [0.2, 0.25) is 0 Å². The van der Waals surface area contributed by atoms with Crippen LogP contribution in [-0.2, 0) is 0 Å². The maximum atomic E-state index is 9.48. The van der Waals surface area contributed by atoms with Gasteiger partial charge in [0.2, 0.25) is 0 Å². The molecule has 2 nitrogen and oxygen atoms in total. The summed E-state index contributed by atoms with van der Waals surface area (Å²) in [5.74, 6) is 0.684. The average molecular weight is 185 g/mol. The molecule has 13 heavy (non-hydrogen) atoms. The molecule has 0 aromatic heterocycles. The van der Waals surface area contributed by atoms with Crippen LogP contribution >= 0.6 is 0 Å². The Balaban J connectivity index is 2.55. The van der Waals surface area contributed by atoms with Crippen molar-refractivity contribution in [3.8, 4) is 0 Å². The van der Waals surface area contributed by atoms with Crippen LogP contribution in [0.3, 0.4) is 0 Å². The first kappa shape index (κ1) is 11.0. The van der Waals surface area contributed by atoms with Gasteiger partial charge in [-0.1, -0.05) is 26.7 Å². The summed E-state index contributed by atoms with van der Waals surface area (Å²) in [5.41, 5.74) is 0.0603. The summed E-state index contributed by atoms with van der Waals surface area (Å²) in [6, 6.07) is 0. The number of nitrogens with one attached hydrogen (secondary N) is 1. The van der Waals surface area contributed by atoms with Crippen LogP contribution in [0.15, 0.2) is 0 Å². The lowest BCUT2D eigenvalue weighted by Crippen LogP contribution is -2.51. The lowest BCUT2D eigenvalue weighted by Gasteiger charge is -2.34. The van der Waals surface area contributed by atoms with E-state index in [1.807, 2.05) is 0 Å². The standard InChI is InChI=1S/C11H23NO/c1-3-8-12-11(9-13)7-5-6-10(11)4-2/h10,12-13H,3-9H2,1-2H3. The predicted octanol–water partition coefficient (Wildman–Crippen LogP) is 1.93. The van der Waals surface area contributed by atoms with Crippen molar-refractivity contribution in [1.29, 1.82) is 0 Å². The zero-order chi connectivity index (χ0) is 9.73. The molecule has 0 aliphatic heterocycles. The molecule has 1 aliphatic carbocycles. The number of aliphatic hydroxyl groups is 1. The quantitative estimate of drug-likeness (QED) is 0.686. The van der Waals surface area contributed by atoms with Gasteiger partial charge in [-0.15, -0.1) is 0 Å². The highest BCUT2D eigenvalue weighted by Crippen LogP contribution is 2.37. The minimum absolute atomic E-state index is 0.0603. The van der Waals surface area contributed by atoms with E-state index in [1.165, 1.54) is 19.3 Å². The Morgan fingerprint density at radius 1 is 1.46 bits per heavy atom. The zero-order valence-corrected chi connectivity index (χ0v) is 8.97. The molecule has 0 heterocycles. The first-order chi connectivity index (χ1) is 6.29. The lowest BCUT2D eigenvalue weighted by molar-refractivity contribution is 0.121. The van der Waals surface area contributed by atoms with Crippen molar-refractivity contribution in [2.24, 2.45) is 5.92 Å². The maximum absolute atomic E-state index is 9.48. The molecular weight excluding hydrogens is 162 g/mol.